The lowest BCUT2D eigenvalue weighted by atomic mass is 9.98. The predicted molar refractivity (Wildman–Crippen MR) is 106 cm³/mol. The molecule has 138 valence electrons. The van der Waals surface area contributed by atoms with Gasteiger partial charge in [0.05, 0.1) is 24.6 Å². The molecular weight excluding hydrogens is 338 g/mol. The Labute approximate surface area is 159 Å². The zero-order chi connectivity index (χ0) is 19.2. The average molecular weight is 361 g/mol. The Kier molecular flexibility index (Phi) is 5.76. The number of rotatable bonds is 6. The molecule has 6 nitrogen and oxygen atoms in total. The van der Waals surface area contributed by atoms with E-state index in [1.807, 2.05) is 18.2 Å². The molecule has 0 saturated heterocycles. The van der Waals surface area contributed by atoms with Crippen molar-refractivity contribution in [3.8, 4) is 0 Å². The Morgan fingerprint density at radius 1 is 1.04 bits per heavy atom. The van der Waals surface area contributed by atoms with Gasteiger partial charge >= 0.3 is 0 Å². The van der Waals surface area contributed by atoms with Gasteiger partial charge in [0.1, 0.15) is 11.5 Å². The predicted octanol–water partition coefficient (Wildman–Crippen LogP) is 3.98. The highest BCUT2D eigenvalue weighted by Crippen LogP contribution is 2.29. The van der Waals surface area contributed by atoms with Crippen LogP contribution < -0.4 is 10.6 Å². The van der Waals surface area contributed by atoms with Crippen LogP contribution in [0, 0.1) is 6.92 Å². The fraction of sp³-hybridized carbons (Fsp3) is 0.238. The number of benzene rings is 1. The summed E-state index contributed by atoms with van der Waals surface area (Å²) in [6.07, 6.45) is 4.74. The van der Waals surface area contributed by atoms with Gasteiger partial charge in [-0.1, -0.05) is 38.1 Å². The number of nitrogens with zero attached hydrogens (tertiary/aromatic N) is 3. The fourth-order valence-corrected chi connectivity index (χ4v) is 2.74. The Balaban J connectivity index is 1.68. The number of hydrogen-bond donors (Lipinski definition) is 2. The van der Waals surface area contributed by atoms with Crippen molar-refractivity contribution in [3.63, 3.8) is 0 Å². The van der Waals surface area contributed by atoms with E-state index in [0.717, 1.165) is 16.9 Å². The number of carbonyl (C=O) groups excluding carboxylic acids is 1. The van der Waals surface area contributed by atoms with E-state index in [9.17, 15) is 4.79 Å². The Morgan fingerprint density at radius 3 is 2.56 bits per heavy atom. The lowest BCUT2D eigenvalue weighted by Gasteiger charge is -2.16. The van der Waals surface area contributed by atoms with Crippen LogP contribution in [0.1, 0.15) is 47.1 Å². The Bertz CT molecular complexity index is 908. The van der Waals surface area contributed by atoms with Crippen LogP contribution >= 0.6 is 0 Å². The van der Waals surface area contributed by atoms with Gasteiger partial charge in [-0.25, -0.2) is 9.97 Å². The summed E-state index contributed by atoms with van der Waals surface area (Å²) in [4.78, 5) is 25.0. The third kappa shape index (κ3) is 4.67. The van der Waals surface area contributed by atoms with Gasteiger partial charge in [-0.3, -0.25) is 9.78 Å². The molecule has 0 aliphatic heterocycles. The quantitative estimate of drug-likeness (QED) is 0.694. The first-order valence-electron chi connectivity index (χ1n) is 8.91. The number of nitrogens with one attached hydrogen (secondary N) is 2. The summed E-state index contributed by atoms with van der Waals surface area (Å²) >= 11 is 0. The first-order chi connectivity index (χ1) is 13.0. The maximum atomic E-state index is 12.2. The topological polar surface area (TPSA) is 79.8 Å². The van der Waals surface area contributed by atoms with E-state index in [0.29, 0.717) is 18.3 Å². The zero-order valence-electron chi connectivity index (χ0n) is 15.7. The Morgan fingerprint density at radius 2 is 1.89 bits per heavy atom. The lowest BCUT2D eigenvalue weighted by molar-refractivity contribution is 0.0945. The van der Waals surface area contributed by atoms with Gasteiger partial charge < -0.3 is 10.6 Å². The molecule has 1 amide bonds. The third-order valence-electron chi connectivity index (χ3n) is 4.22. The summed E-state index contributed by atoms with van der Waals surface area (Å²) < 4.78 is 0. The number of aromatic nitrogens is 3. The smallest absolute Gasteiger partial charge is 0.271 e. The normalized spacial score (nSPS) is 10.7. The van der Waals surface area contributed by atoms with Crippen LogP contribution in [-0.4, -0.2) is 20.9 Å². The highest BCUT2D eigenvalue weighted by Gasteiger charge is 2.12. The van der Waals surface area contributed by atoms with Crippen molar-refractivity contribution in [1.82, 2.24) is 20.3 Å². The second-order valence-electron chi connectivity index (χ2n) is 6.61. The zero-order valence-corrected chi connectivity index (χ0v) is 15.7. The first-order valence-corrected chi connectivity index (χ1v) is 8.91. The van der Waals surface area contributed by atoms with Crippen molar-refractivity contribution in [1.29, 1.82) is 0 Å². The van der Waals surface area contributed by atoms with Gasteiger partial charge in [-0.15, -0.1) is 0 Å². The van der Waals surface area contributed by atoms with Crippen LogP contribution in [-0.2, 0) is 6.54 Å². The molecule has 0 bridgehead atoms. The van der Waals surface area contributed by atoms with Gasteiger partial charge in [0.15, 0.2) is 0 Å². The van der Waals surface area contributed by atoms with Gasteiger partial charge in [-0.2, -0.15) is 0 Å². The van der Waals surface area contributed by atoms with Crippen LogP contribution in [0.2, 0.25) is 0 Å². The summed E-state index contributed by atoms with van der Waals surface area (Å²) in [6, 6.07) is 11.8. The number of carbonyl (C=O) groups is 1. The summed E-state index contributed by atoms with van der Waals surface area (Å²) in [5.41, 5.74) is 4.45. The number of anilines is 2. The highest BCUT2D eigenvalue weighted by atomic mass is 16.1. The SMILES string of the molecule is Cc1cccc(C(C)C)c1Nc1cnc(C(=O)NCc2ccccn2)cn1. The van der Waals surface area contributed by atoms with Crippen LogP contribution in [0.15, 0.2) is 55.0 Å². The monoisotopic (exact) mass is 361 g/mol. The van der Waals surface area contributed by atoms with Crippen molar-refractivity contribution in [2.24, 2.45) is 0 Å². The molecular formula is C21H23N5O. The van der Waals surface area contributed by atoms with Crippen molar-refractivity contribution < 1.29 is 4.79 Å². The van der Waals surface area contributed by atoms with Gasteiger partial charge in [0.2, 0.25) is 0 Å². The minimum atomic E-state index is -0.279. The van der Waals surface area contributed by atoms with E-state index in [-0.39, 0.29) is 11.6 Å². The molecule has 3 rings (SSSR count). The number of amides is 1. The van der Waals surface area contributed by atoms with E-state index < -0.39 is 0 Å². The molecule has 0 unspecified atom stereocenters. The molecule has 2 heterocycles. The van der Waals surface area contributed by atoms with E-state index in [1.54, 1.807) is 12.4 Å². The molecule has 2 N–H and O–H groups in total. The molecule has 0 spiro atoms. The summed E-state index contributed by atoms with van der Waals surface area (Å²) in [6.45, 7) is 6.71. The molecule has 0 aliphatic carbocycles. The second kappa shape index (κ2) is 8.40. The second-order valence-corrected chi connectivity index (χ2v) is 6.61. The molecule has 0 aliphatic rings. The molecule has 0 fully saturated rings. The lowest BCUT2D eigenvalue weighted by Crippen LogP contribution is -2.24. The van der Waals surface area contributed by atoms with Gasteiger partial charge in [0, 0.05) is 11.9 Å². The largest absolute Gasteiger partial charge is 0.345 e. The standard InChI is InChI=1S/C21H23N5O/c1-14(2)17-9-6-7-15(3)20(17)26-19-13-23-18(12-24-19)21(27)25-11-16-8-4-5-10-22-16/h4-10,12-14H,11H2,1-3H3,(H,24,26)(H,25,27). The van der Waals surface area contributed by atoms with Crippen molar-refractivity contribution >= 4 is 17.4 Å². The molecule has 0 saturated carbocycles. The average Bonchev–Trinajstić information content (AvgIpc) is 2.69. The van der Waals surface area contributed by atoms with Gasteiger partial charge in [-0.05, 0) is 36.1 Å². The van der Waals surface area contributed by atoms with E-state index >= 15 is 0 Å². The first kappa shape index (κ1) is 18.5. The summed E-state index contributed by atoms with van der Waals surface area (Å²) in [5.74, 6) is 0.711. The highest BCUT2D eigenvalue weighted by molar-refractivity contribution is 5.92. The minimum absolute atomic E-state index is 0.269. The van der Waals surface area contributed by atoms with Crippen molar-refractivity contribution in [2.45, 2.75) is 33.2 Å². The van der Waals surface area contributed by atoms with E-state index in [2.05, 4.69) is 64.6 Å². The van der Waals surface area contributed by atoms with Crippen molar-refractivity contribution in [3.05, 3.63) is 77.5 Å². The number of aryl methyl sites for hydroxylation is 1. The molecule has 0 radical (unpaired) electrons. The number of para-hydroxylation sites is 1. The minimum Gasteiger partial charge on any atom is -0.345 e. The molecule has 27 heavy (non-hydrogen) atoms. The Hall–Kier alpha value is -3.28. The fourth-order valence-electron chi connectivity index (χ4n) is 2.74. The number of pyridine rings is 1. The van der Waals surface area contributed by atoms with E-state index in [1.165, 1.54) is 11.8 Å². The third-order valence-corrected chi connectivity index (χ3v) is 4.22. The molecule has 1 aromatic carbocycles. The summed E-state index contributed by atoms with van der Waals surface area (Å²) in [5, 5.41) is 6.12. The van der Waals surface area contributed by atoms with Crippen LogP contribution in [0.3, 0.4) is 0 Å². The molecule has 2 aromatic heterocycles. The summed E-state index contributed by atoms with van der Waals surface area (Å²) in [7, 11) is 0. The molecule has 0 atom stereocenters. The maximum Gasteiger partial charge on any atom is 0.271 e. The van der Waals surface area contributed by atoms with E-state index in [4.69, 9.17) is 0 Å². The van der Waals surface area contributed by atoms with Crippen LogP contribution in [0.5, 0.6) is 0 Å². The van der Waals surface area contributed by atoms with Crippen LogP contribution in [0.4, 0.5) is 11.5 Å². The molecule has 3 aromatic rings. The van der Waals surface area contributed by atoms with Crippen molar-refractivity contribution in [2.75, 3.05) is 5.32 Å². The molecule has 6 heteroatoms. The van der Waals surface area contributed by atoms with Gasteiger partial charge in [0.25, 0.3) is 5.91 Å². The number of hydrogen-bond acceptors (Lipinski definition) is 5. The van der Waals surface area contributed by atoms with Crippen LogP contribution in [0.25, 0.3) is 0 Å². The maximum absolute atomic E-state index is 12.2.